The van der Waals surface area contributed by atoms with Crippen LogP contribution in [0.15, 0.2) is 46.5 Å². The first kappa shape index (κ1) is 29.2. The Labute approximate surface area is 246 Å². The molecule has 2 nitrogen and oxygen atoms in total. The Morgan fingerprint density at radius 3 is 2.54 bits per heavy atom. The molecule has 3 heteroatoms. The fourth-order valence-electron chi connectivity index (χ4n) is 9.71. The largest absolute Gasteiger partial charge is 0.458 e. The lowest BCUT2D eigenvalue weighted by atomic mass is 9.47. The van der Waals surface area contributed by atoms with Gasteiger partial charge in [0.05, 0.1) is 0 Å². The van der Waals surface area contributed by atoms with Crippen LogP contribution in [-0.2, 0) is 9.53 Å². The molecule has 0 spiro atoms. The number of carbonyl (C=O) groups is 1. The SMILES string of the molecule is CC(C)CCC[C@@H](C)[C@H]1CC[C@@H]2[C@H]3CC=C4C[C@@H](OC(=O)/C(Br)=C/c5ccccc5)CC[C@]4(C)[C@@H]3CC[C@@]21C. The predicted octanol–water partition coefficient (Wildman–Crippen LogP) is 10.4. The maximum atomic E-state index is 12.9. The van der Waals surface area contributed by atoms with E-state index in [2.05, 4.69) is 56.6 Å². The van der Waals surface area contributed by atoms with Crippen LogP contribution in [0.25, 0.3) is 6.08 Å². The van der Waals surface area contributed by atoms with Crippen molar-refractivity contribution in [3.05, 3.63) is 52.0 Å². The van der Waals surface area contributed by atoms with Crippen LogP contribution in [-0.4, -0.2) is 12.1 Å². The van der Waals surface area contributed by atoms with Gasteiger partial charge in [0.15, 0.2) is 0 Å². The van der Waals surface area contributed by atoms with Gasteiger partial charge in [-0.25, -0.2) is 4.79 Å². The van der Waals surface area contributed by atoms with Crippen LogP contribution in [0.4, 0.5) is 0 Å². The van der Waals surface area contributed by atoms with Gasteiger partial charge in [0.2, 0.25) is 0 Å². The number of halogens is 1. The summed E-state index contributed by atoms with van der Waals surface area (Å²) in [6.07, 6.45) is 18.6. The fraction of sp³-hybridized carbons (Fsp3) is 0.694. The highest BCUT2D eigenvalue weighted by Crippen LogP contribution is 2.67. The third-order valence-corrected chi connectivity index (χ3v) is 12.4. The highest BCUT2D eigenvalue weighted by Gasteiger charge is 2.59. The zero-order valence-corrected chi connectivity index (χ0v) is 26.6. The van der Waals surface area contributed by atoms with Crippen molar-refractivity contribution in [3.63, 3.8) is 0 Å². The Kier molecular flexibility index (Phi) is 8.87. The molecule has 0 N–H and O–H groups in total. The molecule has 39 heavy (non-hydrogen) atoms. The minimum Gasteiger partial charge on any atom is -0.458 e. The summed E-state index contributed by atoms with van der Waals surface area (Å²) in [7, 11) is 0. The molecule has 0 bridgehead atoms. The van der Waals surface area contributed by atoms with Crippen LogP contribution in [0.2, 0.25) is 0 Å². The molecule has 0 saturated heterocycles. The van der Waals surface area contributed by atoms with Crippen LogP contribution in [0.1, 0.15) is 111 Å². The van der Waals surface area contributed by atoms with Crippen molar-refractivity contribution < 1.29 is 9.53 Å². The van der Waals surface area contributed by atoms with Gasteiger partial charge >= 0.3 is 5.97 Å². The van der Waals surface area contributed by atoms with Gasteiger partial charge in [-0.15, -0.1) is 0 Å². The summed E-state index contributed by atoms with van der Waals surface area (Å²) in [4.78, 5) is 12.9. The summed E-state index contributed by atoms with van der Waals surface area (Å²) in [5, 5.41) is 0. The molecule has 214 valence electrons. The van der Waals surface area contributed by atoms with E-state index in [0.29, 0.717) is 9.90 Å². The van der Waals surface area contributed by atoms with Crippen molar-refractivity contribution in [2.45, 2.75) is 111 Å². The summed E-state index contributed by atoms with van der Waals surface area (Å²) >= 11 is 3.47. The van der Waals surface area contributed by atoms with Crippen molar-refractivity contribution in [1.29, 1.82) is 0 Å². The molecule has 1 aromatic rings. The van der Waals surface area contributed by atoms with Crippen molar-refractivity contribution in [3.8, 4) is 0 Å². The van der Waals surface area contributed by atoms with E-state index in [1.165, 1.54) is 51.4 Å². The van der Waals surface area contributed by atoms with Gasteiger partial charge in [-0.1, -0.05) is 95.9 Å². The molecule has 4 aliphatic carbocycles. The van der Waals surface area contributed by atoms with Gasteiger partial charge in [-0.2, -0.15) is 0 Å². The van der Waals surface area contributed by atoms with Gasteiger partial charge in [0.1, 0.15) is 10.6 Å². The number of benzene rings is 1. The van der Waals surface area contributed by atoms with Gasteiger partial charge in [0, 0.05) is 6.42 Å². The molecule has 5 rings (SSSR count). The smallest absolute Gasteiger partial charge is 0.345 e. The lowest BCUT2D eigenvalue weighted by Crippen LogP contribution is -2.51. The van der Waals surface area contributed by atoms with Crippen molar-refractivity contribution in [1.82, 2.24) is 0 Å². The molecule has 0 aliphatic heterocycles. The third kappa shape index (κ3) is 5.86. The quantitative estimate of drug-likeness (QED) is 0.170. The minimum absolute atomic E-state index is 0.0125. The average Bonchev–Trinajstić information content (AvgIpc) is 3.26. The number of hydrogen-bond donors (Lipinski definition) is 0. The Balaban J connectivity index is 1.23. The van der Waals surface area contributed by atoms with E-state index in [9.17, 15) is 4.79 Å². The summed E-state index contributed by atoms with van der Waals surface area (Å²) in [5.74, 6) is 4.88. The molecule has 0 aromatic heterocycles. The predicted molar refractivity (Wildman–Crippen MR) is 166 cm³/mol. The van der Waals surface area contributed by atoms with Crippen LogP contribution < -0.4 is 0 Å². The van der Waals surface area contributed by atoms with Gasteiger partial charge < -0.3 is 4.74 Å². The summed E-state index contributed by atoms with van der Waals surface area (Å²) in [6.45, 7) is 12.5. The van der Waals surface area contributed by atoms with Gasteiger partial charge in [-0.05, 0) is 119 Å². The standard InChI is InChI=1S/C36H51BrO2/c1-24(2)10-9-11-25(3)30-16-17-31-29-15-14-27-23-28(18-20-35(27,4)32(29)19-21-36(30,31)5)39-34(38)33(37)22-26-12-7-6-8-13-26/h6-8,12-14,22,24-25,28-32H,9-11,15-21,23H2,1-5H3/b33-22-/t25-,28+,29-,30-,31-,32-,35+,36-/m1/s1. The lowest BCUT2D eigenvalue weighted by Gasteiger charge is -2.58. The van der Waals surface area contributed by atoms with Crippen LogP contribution in [0.5, 0.6) is 0 Å². The molecule has 8 atom stereocenters. The zero-order chi connectivity index (χ0) is 27.8. The topological polar surface area (TPSA) is 26.3 Å². The first-order valence-electron chi connectivity index (χ1n) is 15.9. The number of fused-ring (bicyclic) bond motifs is 5. The third-order valence-electron chi connectivity index (χ3n) is 11.8. The van der Waals surface area contributed by atoms with E-state index in [1.807, 2.05) is 36.4 Å². The Morgan fingerprint density at radius 1 is 1.03 bits per heavy atom. The molecule has 4 aliphatic rings. The highest BCUT2D eigenvalue weighted by atomic mass is 79.9. The van der Waals surface area contributed by atoms with Crippen molar-refractivity contribution >= 4 is 28.0 Å². The minimum atomic E-state index is -0.241. The van der Waals surface area contributed by atoms with Crippen LogP contribution in [0.3, 0.4) is 0 Å². The molecule has 0 amide bonds. The summed E-state index contributed by atoms with van der Waals surface area (Å²) in [6, 6.07) is 9.95. The molecule has 3 fully saturated rings. The summed E-state index contributed by atoms with van der Waals surface area (Å²) < 4.78 is 6.53. The zero-order valence-electron chi connectivity index (χ0n) is 25.1. The van der Waals surface area contributed by atoms with Gasteiger partial charge in [0.25, 0.3) is 0 Å². The molecule has 0 unspecified atom stereocenters. The Hall–Kier alpha value is -1.35. The van der Waals surface area contributed by atoms with Crippen molar-refractivity contribution in [2.75, 3.05) is 0 Å². The fourth-order valence-corrected chi connectivity index (χ4v) is 10.1. The molecule has 0 heterocycles. The number of carbonyl (C=O) groups excluding carboxylic acids is 1. The monoisotopic (exact) mass is 594 g/mol. The first-order valence-corrected chi connectivity index (χ1v) is 16.7. The molecule has 1 aromatic carbocycles. The summed E-state index contributed by atoms with van der Waals surface area (Å²) in [5.41, 5.74) is 3.40. The van der Waals surface area contributed by atoms with Gasteiger partial charge in [-0.3, -0.25) is 0 Å². The number of rotatable bonds is 8. The van der Waals surface area contributed by atoms with Crippen LogP contribution >= 0.6 is 15.9 Å². The molecule has 3 saturated carbocycles. The Morgan fingerprint density at radius 2 is 1.79 bits per heavy atom. The second-order valence-corrected chi connectivity index (χ2v) is 15.3. The van der Waals surface area contributed by atoms with E-state index in [-0.39, 0.29) is 17.5 Å². The van der Waals surface area contributed by atoms with E-state index in [4.69, 9.17) is 4.74 Å². The second-order valence-electron chi connectivity index (χ2n) is 14.5. The highest BCUT2D eigenvalue weighted by molar-refractivity contribution is 9.12. The number of allylic oxidation sites excluding steroid dienone is 1. The van der Waals surface area contributed by atoms with Crippen LogP contribution in [0, 0.1) is 46.3 Å². The van der Waals surface area contributed by atoms with E-state index in [0.717, 1.165) is 60.3 Å². The van der Waals surface area contributed by atoms with E-state index in [1.54, 1.807) is 5.57 Å². The van der Waals surface area contributed by atoms with E-state index < -0.39 is 0 Å². The molecular formula is C36H51BrO2. The number of ether oxygens (including phenoxy) is 1. The molecule has 0 radical (unpaired) electrons. The second kappa shape index (κ2) is 11.9. The maximum absolute atomic E-state index is 12.9. The molecular weight excluding hydrogens is 544 g/mol. The van der Waals surface area contributed by atoms with Crippen molar-refractivity contribution in [2.24, 2.45) is 46.3 Å². The normalized spacial score (nSPS) is 36.9. The first-order chi connectivity index (χ1) is 18.6. The number of esters is 1. The Bertz CT molecular complexity index is 1070. The number of hydrogen-bond acceptors (Lipinski definition) is 2. The average molecular weight is 596 g/mol. The van der Waals surface area contributed by atoms with E-state index >= 15 is 0 Å². The maximum Gasteiger partial charge on any atom is 0.345 e. The lowest BCUT2D eigenvalue weighted by molar-refractivity contribution is -0.145.